The Bertz CT molecular complexity index is 1080. The first kappa shape index (κ1) is 23.9. The molecule has 2 aromatic rings. The summed E-state index contributed by atoms with van der Waals surface area (Å²) < 4.78 is 14.8. The molecule has 0 saturated heterocycles. The Hall–Kier alpha value is -4.40. The molecule has 32 heavy (non-hydrogen) atoms. The van der Waals surface area contributed by atoms with Crippen molar-refractivity contribution in [1.82, 2.24) is 0 Å². The molecule has 0 N–H and O–H groups in total. The van der Waals surface area contributed by atoms with Gasteiger partial charge in [0.2, 0.25) is 17.3 Å². The van der Waals surface area contributed by atoms with Crippen LogP contribution in [0.5, 0.6) is 17.2 Å². The van der Waals surface area contributed by atoms with Crippen LogP contribution in [0.1, 0.15) is 31.9 Å². The molecule has 0 unspecified atom stereocenters. The van der Waals surface area contributed by atoms with E-state index in [4.69, 9.17) is 14.2 Å². The third-order valence-corrected chi connectivity index (χ3v) is 3.74. The monoisotopic (exact) mass is 438 g/mol. The summed E-state index contributed by atoms with van der Waals surface area (Å²) in [7, 11) is 0. The van der Waals surface area contributed by atoms with Gasteiger partial charge in [-0.25, -0.2) is 14.4 Å². The second-order valence-corrected chi connectivity index (χ2v) is 6.48. The van der Waals surface area contributed by atoms with E-state index in [9.17, 15) is 28.8 Å². The Morgan fingerprint density at radius 1 is 0.531 bits per heavy atom. The van der Waals surface area contributed by atoms with Gasteiger partial charge in [-0.05, 0) is 35.4 Å². The molecule has 0 amide bonds. The highest BCUT2D eigenvalue weighted by Crippen LogP contribution is 2.25. The van der Waals surface area contributed by atoms with Gasteiger partial charge in [0.05, 0.1) is 0 Å². The van der Waals surface area contributed by atoms with Gasteiger partial charge in [-0.3, -0.25) is 14.4 Å². The third-order valence-electron chi connectivity index (χ3n) is 3.74. The molecule has 0 fully saturated rings. The minimum absolute atomic E-state index is 0.0646. The smallest absolute Gasteiger partial charge is 0.379 e. The molecule has 0 aliphatic carbocycles. The maximum absolute atomic E-state index is 11.6. The number of hydrogen-bond acceptors (Lipinski definition) is 9. The fourth-order valence-corrected chi connectivity index (χ4v) is 2.18. The van der Waals surface area contributed by atoms with Crippen LogP contribution in [0, 0.1) is 0 Å². The third kappa shape index (κ3) is 7.13. The lowest BCUT2D eigenvalue weighted by Crippen LogP contribution is -2.18. The first-order chi connectivity index (χ1) is 15.0. The summed E-state index contributed by atoms with van der Waals surface area (Å²) in [5.41, 5.74) is 1.11. The van der Waals surface area contributed by atoms with E-state index >= 15 is 0 Å². The molecule has 2 rings (SSSR count). The second-order valence-electron chi connectivity index (χ2n) is 6.48. The zero-order chi connectivity index (χ0) is 23.8. The van der Waals surface area contributed by atoms with Gasteiger partial charge in [0.25, 0.3) is 0 Å². The number of Topliss-reactive ketones (excluding diaryl/α,β-unsaturated/α-hetero) is 3. The van der Waals surface area contributed by atoms with Crippen molar-refractivity contribution in [2.75, 3.05) is 0 Å². The molecule has 0 radical (unpaired) electrons. The molecule has 0 aromatic heterocycles. The first-order valence-corrected chi connectivity index (χ1v) is 9.16. The number of ether oxygens (including phenoxy) is 3. The van der Waals surface area contributed by atoms with Gasteiger partial charge in [-0.15, -0.1) is 0 Å². The van der Waals surface area contributed by atoms with Gasteiger partial charge in [0.1, 0.15) is 17.2 Å². The van der Waals surface area contributed by atoms with Crippen LogP contribution >= 0.6 is 0 Å². The molecule has 9 nitrogen and oxygen atoms in total. The van der Waals surface area contributed by atoms with E-state index < -0.39 is 35.3 Å². The van der Waals surface area contributed by atoms with E-state index in [1.54, 1.807) is 24.3 Å². The van der Waals surface area contributed by atoms with Crippen molar-refractivity contribution in [2.45, 2.75) is 20.8 Å². The van der Waals surface area contributed by atoms with E-state index in [1.165, 1.54) is 30.3 Å². The Morgan fingerprint density at radius 2 is 0.906 bits per heavy atom. The van der Waals surface area contributed by atoms with E-state index in [-0.39, 0.29) is 17.2 Å². The van der Waals surface area contributed by atoms with Gasteiger partial charge in [0, 0.05) is 26.8 Å². The Kier molecular flexibility index (Phi) is 7.89. The second kappa shape index (κ2) is 10.6. The molecule has 0 aliphatic heterocycles. The Balaban J connectivity index is 2.27. The van der Waals surface area contributed by atoms with Crippen molar-refractivity contribution in [3.05, 3.63) is 53.6 Å². The lowest BCUT2D eigenvalue weighted by Gasteiger charge is -2.08. The number of carbonyl (C=O) groups is 6. The van der Waals surface area contributed by atoms with Crippen LogP contribution in [0.3, 0.4) is 0 Å². The minimum atomic E-state index is -1.11. The first-order valence-electron chi connectivity index (χ1n) is 9.16. The lowest BCUT2D eigenvalue weighted by molar-refractivity contribution is -0.146. The quantitative estimate of drug-likeness (QED) is 0.264. The number of hydrogen-bond donors (Lipinski definition) is 0. The van der Waals surface area contributed by atoms with Crippen LogP contribution in [-0.4, -0.2) is 35.3 Å². The normalized spacial score (nSPS) is 10.3. The SMILES string of the molecule is CC(=O)C(=O)Oc1ccc(C=Cc2cc(OC(=O)C(C)=O)cc(OC(=O)C(C)=O)c2)cc1. The molecule has 9 heteroatoms. The summed E-state index contributed by atoms with van der Waals surface area (Å²) in [4.78, 5) is 67.8. The molecular formula is C23H18O9. The summed E-state index contributed by atoms with van der Waals surface area (Å²) in [5, 5.41) is 0. The molecule has 0 saturated carbocycles. The van der Waals surface area contributed by atoms with Gasteiger partial charge in [-0.2, -0.15) is 0 Å². The highest BCUT2D eigenvalue weighted by molar-refractivity contribution is 6.34. The molecule has 0 spiro atoms. The number of rotatable bonds is 8. The standard InChI is InChI=1S/C23H18O9/c1-13(24)21(27)30-18-8-6-16(7-9-18)4-5-17-10-19(31-22(28)14(2)25)12-20(11-17)32-23(29)15(3)26/h4-12H,1-3H3. The molecule has 164 valence electrons. The summed E-state index contributed by atoms with van der Waals surface area (Å²) >= 11 is 0. The highest BCUT2D eigenvalue weighted by Gasteiger charge is 2.15. The van der Waals surface area contributed by atoms with E-state index in [0.29, 0.717) is 11.1 Å². The van der Waals surface area contributed by atoms with Gasteiger partial charge in [0.15, 0.2) is 0 Å². The van der Waals surface area contributed by atoms with Crippen molar-refractivity contribution < 1.29 is 43.0 Å². The van der Waals surface area contributed by atoms with Gasteiger partial charge >= 0.3 is 17.9 Å². The molecule has 2 aromatic carbocycles. The fourth-order valence-electron chi connectivity index (χ4n) is 2.18. The fraction of sp³-hybridized carbons (Fsp3) is 0.130. The Morgan fingerprint density at radius 3 is 1.31 bits per heavy atom. The maximum atomic E-state index is 11.6. The topological polar surface area (TPSA) is 130 Å². The van der Waals surface area contributed by atoms with Crippen LogP contribution < -0.4 is 14.2 Å². The van der Waals surface area contributed by atoms with Crippen LogP contribution in [0.25, 0.3) is 12.2 Å². The molecule has 0 bridgehead atoms. The number of carbonyl (C=O) groups excluding carboxylic acids is 6. The summed E-state index contributed by atoms with van der Waals surface area (Å²) in [6.45, 7) is 3.18. The van der Waals surface area contributed by atoms with Crippen molar-refractivity contribution in [1.29, 1.82) is 0 Å². The lowest BCUT2D eigenvalue weighted by atomic mass is 10.1. The average Bonchev–Trinajstić information content (AvgIpc) is 2.72. The summed E-state index contributed by atoms with van der Waals surface area (Å²) in [6, 6.07) is 10.3. The van der Waals surface area contributed by atoms with Gasteiger partial charge < -0.3 is 14.2 Å². The van der Waals surface area contributed by atoms with Crippen LogP contribution in [0.4, 0.5) is 0 Å². The maximum Gasteiger partial charge on any atom is 0.379 e. The molecular weight excluding hydrogens is 420 g/mol. The number of benzene rings is 2. The predicted molar refractivity (Wildman–Crippen MR) is 111 cm³/mol. The van der Waals surface area contributed by atoms with Crippen molar-refractivity contribution in [3.63, 3.8) is 0 Å². The van der Waals surface area contributed by atoms with E-state index in [1.807, 2.05) is 0 Å². The predicted octanol–water partition coefficient (Wildman–Crippen LogP) is 2.34. The van der Waals surface area contributed by atoms with Crippen molar-refractivity contribution in [3.8, 4) is 17.2 Å². The van der Waals surface area contributed by atoms with Gasteiger partial charge in [-0.1, -0.05) is 24.3 Å². The van der Waals surface area contributed by atoms with Crippen LogP contribution in [0.15, 0.2) is 42.5 Å². The van der Waals surface area contributed by atoms with Crippen LogP contribution in [-0.2, 0) is 28.8 Å². The summed E-state index contributed by atoms with van der Waals surface area (Å²) in [5.74, 6) is -5.48. The minimum Gasteiger partial charge on any atom is -0.421 e. The van der Waals surface area contributed by atoms with Crippen LogP contribution in [0.2, 0.25) is 0 Å². The highest BCUT2D eigenvalue weighted by atomic mass is 16.6. The largest absolute Gasteiger partial charge is 0.421 e. The number of ketones is 3. The molecule has 0 atom stereocenters. The zero-order valence-electron chi connectivity index (χ0n) is 17.4. The molecule has 0 aliphatic rings. The average molecular weight is 438 g/mol. The zero-order valence-corrected chi connectivity index (χ0v) is 17.4. The Labute approximate surface area is 182 Å². The van der Waals surface area contributed by atoms with E-state index in [2.05, 4.69) is 0 Å². The summed E-state index contributed by atoms with van der Waals surface area (Å²) in [6.07, 6.45) is 3.24. The van der Waals surface area contributed by atoms with Crippen molar-refractivity contribution >= 4 is 47.4 Å². The van der Waals surface area contributed by atoms with Crippen molar-refractivity contribution in [2.24, 2.45) is 0 Å². The molecule has 0 heterocycles. The number of esters is 3. The van der Waals surface area contributed by atoms with E-state index in [0.717, 1.165) is 20.8 Å².